The lowest BCUT2D eigenvalue weighted by Gasteiger charge is -2.34. The zero-order chi connectivity index (χ0) is 21.8. The first-order chi connectivity index (χ1) is 14.3. The van der Waals surface area contributed by atoms with Crippen molar-refractivity contribution in [3.8, 4) is 0 Å². The Hall–Kier alpha value is -3.40. The summed E-state index contributed by atoms with van der Waals surface area (Å²) in [5.74, 6) is 3.78. The number of nitrogens with two attached hydrogens (primary N) is 1. The molecule has 0 saturated carbocycles. The van der Waals surface area contributed by atoms with Crippen molar-refractivity contribution in [2.45, 2.75) is 13.3 Å². The molecule has 8 nitrogen and oxygen atoms in total. The van der Waals surface area contributed by atoms with E-state index in [1.165, 1.54) is 29.0 Å². The van der Waals surface area contributed by atoms with E-state index in [9.17, 15) is 13.6 Å². The topological polar surface area (TPSA) is 99.7 Å². The first kappa shape index (κ1) is 21.3. The van der Waals surface area contributed by atoms with Crippen LogP contribution in [-0.4, -0.2) is 58.9 Å². The normalized spacial score (nSPS) is 14.7. The van der Waals surface area contributed by atoms with E-state index in [1.54, 1.807) is 14.1 Å². The molecular weight excluding hydrogens is 392 g/mol. The summed E-state index contributed by atoms with van der Waals surface area (Å²) in [6.45, 7) is 3.36. The maximum Gasteiger partial charge on any atom is 0.262 e. The predicted molar refractivity (Wildman–Crippen MR) is 110 cm³/mol. The van der Waals surface area contributed by atoms with Gasteiger partial charge in [-0.1, -0.05) is 11.6 Å². The van der Waals surface area contributed by atoms with Crippen molar-refractivity contribution in [3.63, 3.8) is 0 Å². The summed E-state index contributed by atoms with van der Waals surface area (Å²) in [4.78, 5) is 27.0. The van der Waals surface area contributed by atoms with Crippen LogP contribution in [0.1, 0.15) is 29.4 Å². The van der Waals surface area contributed by atoms with Crippen LogP contribution >= 0.6 is 0 Å². The highest BCUT2D eigenvalue weighted by atomic mass is 19.1. The van der Waals surface area contributed by atoms with Crippen molar-refractivity contribution in [2.24, 2.45) is 10.8 Å². The van der Waals surface area contributed by atoms with E-state index in [2.05, 4.69) is 20.3 Å². The van der Waals surface area contributed by atoms with Gasteiger partial charge in [-0.2, -0.15) is 0 Å². The van der Waals surface area contributed by atoms with Gasteiger partial charge in [-0.05, 0) is 31.1 Å². The summed E-state index contributed by atoms with van der Waals surface area (Å²) in [5, 5.41) is 3.83. The summed E-state index contributed by atoms with van der Waals surface area (Å²) < 4.78 is 27.5. The average Bonchev–Trinajstić information content (AvgIpc) is 2.70. The highest BCUT2D eigenvalue weighted by Gasteiger charge is 2.23. The second-order valence-electron chi connectivity index (χ2n) is 6.90. The summed E-state index contributed by atoms with van der Waals surface area (Å²) in [6.07, 6.45) is 3.69. The molecule has 0 saturated heterocycles. The minimum atomic E-state index is -0.946. The van der Waals surface area contributed by atoms with Crippen LogP contribution in [0.25, 0.3) is 5.57 Å². The van der Waals surface area contributed by atoms with Gasteiger partial charge in [-0.3, -0.25) is 19.8 Å². The Bertz CT molecular complexity index is 982. The molecule has 1 aliphatic heterocycles. The Labute approximate surface area is 173 Å². The van der Waals surface area contributed by atoms with Crippen LogP contribution in [0.4, 0.5) is 14.6 Å². The summed E-state index contributed by atoms with van der Waals surface area (Å²) in [7, 11) is 3.40. The number of hydrazine groups is 1. The van der Waals surface area contributed by atoms with Crippen molar-refractivity contribution < 1.29 is 13.6 Å². The molecule has 1 aliphatic rings. The summed E-state index contributed by atoms with van der Waals surface area (Å²) in [6, 6.07) is 3.23. The van der Waals surface area contributed by atoms with Crippen molar-refractivity contribution in [3.05, 3.63) is 59.1 Å². The van der Waals surface area contributed by atoms with Crippen molar-refractivity contribution >= 4 is 23.3 Å². The highest BCUT2D eigenvalue weighted by molar-refractivity contribution is 6.04. The molecule has 158 valence electrons. The van der Waals surface area contributed by atoms with E-state index < -0.39 is 23.1 Å². The zero-order valence-electron chi connectivity index (χ0n) is 17.0. The van der Waals surface area contributed by atoms with Crippen LogP contribution in [0.5, 0.6) is 0 Å². The standard InChI is InChI=1S/C20H23F2N7O/c1-12-7-8-29(20(24-2)28(3)23)11-13(12)16-9-26-17(10-25-16)27-19(30)18-14(21)5-4-6-15(18)22/h4-6,9-10H,7-8,11,23H2,1-3H3,(H,26,27,30). The molecule has 10 heteroatoms. The fourth-order valence-electron chi connectivity index (χ4n) is 3.29. The Morgan fingerprint density at radius 1 is 1.27 bits per heavy atom. The third-order valence-corrected chi connectivity index (χ3v) is 4.81. The smallest absolute Gasteiger partial charge is 0.262 e. The molecule has 0 bridgehead atoms. The molecule has 0 atom stereocenters. The van der Waals surface area contributed by atoms with Crippen LogP contribution in [0.2, 0.25) is 0 Å². The molecule has 0 radical (unpaired) electrons. The second-order valence-corrected chi connectivity index (χ2v) is 6.90. The van der Waals surface area contributed by atoms with Gasteiger partial charge in [0, 0.05) is 27.2 Å². The van der Waals surface area contributed by atoms with Gasteiger partial charge in [0.1, 0.15) is 17.2 Å². The lowest BCUT2D eigenvalue weighted by Crippen LogP contribution is -2.48. The Balaban J connectivity index is 1.77. The molecule has 1 aromatic carbocycles. The monoisotopic (exact) mass is 415 g/mol. The molecule has 0 fully saturated rings. The summed E-state index contributed by atoms with van der Waals surface area (Å²) >= 11 is 0. The van der Waals surface area contributed by atoms with Gasteiger partial charge in [0.15, 0.2) is 5.82 Å². The first-order valence-corrected chi connectivity index (χ1v) is 9.28. The molecular formula is C20H23F2N7O. The van der Waals surface area contributed by atoms with E-state index in [4.69, 9.17) is 5.84 Å². The molecule has 0 aliphatic carbocycles. The number of hydrogen-bond donors (Lipinski definition) is 2. The highest BCUT2D eigenvalue weighted by Crippen LogP contribution is 2.25. The lowest BCUT2D eigenvalue weighted by atomic mass is 9.99. The number of aliphatic imine (C=N–C) groups is 1. The second kappa shape index (κ2) is 8.95. The number of amides is 1. The number of benzene rings is 1. The maximum absolute atomic E-state index is 13.8. The molecule has 2 aromatic rings. The third-order valence-electron chi connectivity index (χ3n) is 4.81. The van der Waals surface area contributed by atoms with Gasteiger partial charge in [0.2, 0.25) is 5.96 Å². The minimum absolute atomic E-state index is 0.0924. The number of aromatic nitrogens is 2. The van der Waals surface area contributed by atoms with Gasteiger partial charge in [0.05, 0.1) is 18.1 Å². The van der Waals surface area contributed by atoms with Crippen molar-refractivity contribution in [1.82, 2.24) is 19.9 Å². The lowest BCUT2D eigenvalue weighted by molar-refractivity contribution is 0.101. The van der Waals surface area contributed by atoms with Crippen LogP contribution in [0.15, 0.2) is 41.2 Å². The fraction of sp³-hybridized carbons (Fsp3) is 0.300. The van der Waals surface area contributed by atoms with E-state index in [-0.39, 0.29) is 5.82 Å². The number of nitrogens with one attached hydrogen (secondary N) is 1. The predicted octanol–water partition coefficient (Wildman–Crippen LogP) is 2.28. The number of carbonyl (C=O) groups is 1. The van der Waals surface area contributed by atoms with E-state index in [0.29, 0.717) is 18.2 Å². The van der Waals surface area contributed by atoms with Crippen molar-refractivity contribution in [2.75, 3.05) is 32.5 Å². The molecule has 3 rings (SSSR count). The van der Waals surface area contributed by atoms with Gasteiger partial charge >= 0.3 is 0 Å². The molecule has 30 heavy (non-hydrogen) atoms. The Morgan fingerprint density at radius 2 is 1.97 bits per heavy atom. The van der Waals surface area contributed by atoms with Crippen LogP contribution in [0.3, 0.4) is 0 Å². The van der Waals surface area contributed by atoms with Gasteiger partial charge in [-0.15, -0.1) is 0 Å². The number of halogens is 2. The van der Waals surface area contributed by atoms with E-state index in [0.717, 1.165) is 30.7 Å². The van der Waals surface area contributed by atoms with Crippen molar-refractivity contribution in [1.29, 1.82) is 0 Å². The molecule has 3 N–H and O–H groups in total. The largest absolute Gasteiger partial charge is 0.337 e. The number of carbonyl (C=O) groups excluding carboxylic acids is 1. The Morgan fingerprint density at radius 3 is 2.53 bits per heavy atom. The van der Waals surface area contributed by atoms with Gasteiger partial charge < -0.3 is 10.2 Å². The first-order valence-electron chi connectivity index (χ1n) is 9.28. The summed E-state index contributed by atoms with van der Waals surface area (Å²) in [5.41, 5.74) is 2.13. The number of hydrogen-bond acceptors (Lipinski definition) is 5. The van der Waals surface area contributed by atoms with E-state index in [1.807, 2.05) is 11.8 Å². The number of guanidine groups is 1. The van der Waals surface area contributed by atoms with E-state index >= 15 is 0 Å². The molecule has 2 heterocycles. The Kier molecular flexibility index (Phi) is 6.36. The quantitative estimate of drug-likeness (QED) is 0.345. The van der Waals surface area contributed by atoms with Crippen LogP contribution in [-0.2, 0) is 0 Å². The number of nitrogens with zero attached hydrogens (tertiary/aromatic N) is 5. The molecule has 1 amide bonds. The van der Waals surface area contributed by atoms with Gasteiger partial charge in [0.25, 0.3) is 5.91 Å². The van der Waals surface area contributed by atoms with Gasteiger partial charge in [-0.25, -0.2) is 19.6 Å². The maximum atomic E-state index is 13.8. The van der Waals surface area contributed by atoms with Crippen LogP contribution in [0, 0.1) is 11.6 Å². The molecule has 1 aromatic heterocycles. The third kappa shape index (κ3) is 4.43. The minimum Gasteiger partial charge on any atom is -0.337 e. The average molecular weight is 415 g/mol. The SMILES string of the molecule is CN=C(N(C)N)N1CCC(C)=C(c2cnc(NC(=O)c3c(F)cccc3F)cn2)C1. The fourth-order valence-corrected chi connectivity index (χ4v) is 3.29. The molecule has 0 unspecified atom stereocenters. The molecule has 0 spiro atoms. The van der Waals surface area contributed by atoms with Crippen LogP contribution < -0.4 is 11.2 Å². The number of rotatable bonds is 3. The zero-order valence-corrected chi connectivity index (χ0v) is 17.0. The number of anilines is 1.